The van der Waals surface area contributed by atoms with Crippen molar-refractivity contribution in [2.24, 2.45) is 0 Å². The number of amides is 1. The van der Waals surface area contributed by atoms with Gasteiger partial charge in [0.15, 0.2) is 0 Å². The quantitative estimate of drug-likeness (QED) is 0.605. The van der Waals surface area contributed by atoms with Crippen molar-refractivity contribution in [1.29, 1.82) is 0 Å². The lowest BCUT2D eigenvalue weighted by Gasteiger charge is -2.16. The number of hydrogen-bond acceptors (Lipinski definition) is 5. The molecular formula is C19H17N7O. The molecule has 4 heterocycles. The molecule has 1 fully saturated rings. The summed E-state index contributed by atoms with van der Waals surface area (Å²) in [6, 6.07) is 9.52. The van der Waals surface area contributed by atoms with Crippen LogP contribution in [0.3, 0.4) is 0 Å². The van der Waals surface area contributed by atoms with Crippen LogP contribution in [0.15, 0.2) is 55.1 Å². The van der Waals surface area contributed by atoms with E-state index in [0.717, 1.165) is 23.0 Å². The normalized spacial score (nSPS) is 16.9. The number of H-pyrrole nitrogens is 1. The minimum Gasteiger partial charge on any atom is -0.361 e. The number of carbonyl (C=O) groups excluding carboxylic acids is 1. The summed E-state index contributed by atoms with van der Waals surface area (Å²) in [6.45, 7) is 1.33. The lowest BCUT2D eigenvalue weighted by molar-refractivity contribution is 0.0792. The van der Waals surface area contributed by atoms with E-state index in [-0.39, 0.29) is 11.8 Å². The summed E-state index contributed by atoms with van der Waals surface area (Å²) in [5, 5.41) is 9.44. The summed E-state index contributed by atoms with van der Waals surface area (Å²) in [5.74, 6) is 0.694. The molecule has 0 aliphatic carbocycles. The number of hydrogen-bond donors (Lipinski definition) is 1. The lowest BCUT2D eigenvalue weighted by Crippen LogP contribution is -2.28. The number of carbonyl (C=O) groups is 1. The zero-order valence-corrected chi connectivity index (χ0v) is 14.5. The standard InChI is InChI=1S/C19H17N7O/c27-18(15-4-1-3-13-5-9-20-17(13)15)25-10-6-14(11-25)16-12-26(24-23-16)19-21-7-2-8-22-19/h1-5,7-9,12,14,20H,6,10-11H2. The largest absolute Gasteiger partial charge is 0.361 e. The lowest BCUT2D eigenvalue weighted by atomic mass is 10.1. The summed E-state index contributed by atoms with van der Waals surface area (Å²) in [7, 11) is 0. The molecule has 8 nitrogen and oxygen atoms in total. The zero-order valence-electron chi connectivity index (χ0n) is 14.5. The number of para-hydroxylation sites is 1. The van der Waals surface area contributed by atoms with Crippen molar-refractivity contribution in [2.75, 3.05) is 13.1 Å². The fourth-order valence-electron chi connectivity index (χ4n) is 3.59. The van der Waals surface area contributed by atoms with Gasteiger partial charge in [0.2, 0.25) is 0 Å². The first kappa shape index (κ1) is 15.7. The Morgan fingerprint density at radius 2 is 2.04 bits per heavy atom. The molecule has 0 bridgehead atoms. The number of fused-ring (bicyclic) bond motifs is 1. The minimum atomic E-state index is 0.0457. The zero-order chi connectivity index (χ0) is 18.2. The minimum absolute atomic E-state index is 0.0457. The Hall–Kier alpha value is -3.55. The van der Waals surface area contributed by atoms with E-state index in [2.05, 4.69) is 25.3 Å². The van der Waals surface area contributed by atoms with Crippen molar-refractivity contribution < 1.29 is 4.79 Å². The van der Waals surface area contributed by atoms with Gasteiger partial charge in [-0.1, -0.05) is 17.3 Å². The van der Waals surface area contributed by atoms with Gasteiger partial charge in [0, 0.05) is 43.0 Å². The topological polar surface area (TPSA) is 92.6 Å². The maximum absolute atomic E-state index is 13.0. The Morgan fingerprint density at radius 3 is 2.93 bits per heavy atom. The van der Waals surface area contributed by atoms with Crippen LogP contribution in [-0.4, -0.2) is 53.8 Å². The molecule has 1 amide bonds. The van der Waals surface area contributed by atoms with E-state index in [1.807, 2.05) is 41.6 Å². The van der Waals surface area contributed by atoms with Gasteiger partial charge in [-0.05, 0) is 24.6 Å². The van der Waals surface area contributed by atoms with Crippen LogP contribution in [-0.2, 0) is 0 Å². The Balaban J connectivity index is 1.35. The van der Waals surface area contributed by atoms with Gasteiger partial charge in [-0.3, -0.25) is 4.79 Å². The predicted octanol–water partition coefficient (Wildman–Crippen LogP) is 2.17. The molecule has 27 heavy (non-hydrogen) atoms. The molecule has 1 aliphatic rings. The molecule has 0 spiro atoms. The molecule has 1 aliphatic heterocycles. The molecule has 5 rings (SSSR count). The molecule has 1 aromatic carbocycles. The first-order valence-corrected chi connectivity index (χ1v) is 8.84. The average molecular weight is 359 g/mol. The van der Waals surface area contributed by atoms with Crippen LogP contribution in [0.25, 0.3) is 16.9 Å². The number of nitrogens with one attached hydrogen (secondary N) is 1. The highest BCUT2D eigenvalue weighted by Gasteiger charge is 2.30. The van der Waals surface area contributed by atoms with Crippen molar-refractivity contribution >= 4 is 16.8 Å². The highest BCUT2D eigenvalue weighted by molar-refractivity contribution is 6.05. The van der Waals surface area contributed by atoms with Crippen LogP contribution in [0, 0.1) is 0 Å². The van der Waals surface area contributed by atoms with Gasteiger partial charge in [0.25, 0.3) is 11.9 Å². The summed E-state index contributed by atoms with van der Waals surface area (Å²) in [5.41, 5.74) is 2.45. The van der Waals surface area contributed by atoms with Crippen molar-refractivity contribution in [2.45, 2.75) is 12.3 Å². The highest BCUT2D eigenvalue weighted by atomic mass is 16.2. The Kier molecular flexibility index (Phi) is 3.67. The maximum Gasteiger partial charge on any atom is 0.256 e. The monoisotopic (exact) mass is 359 g/mol. The first-order valence-electron chi connectivity index (χ1n) is 8.84. The van der Waals surface area contributed by atoms with E-state index in [9.17, 15) is 4.79 Å². The number of likely N-dealkylation sites (tertiary alicyclic amines) is 1. The van der Waals surface area contributed by atoms with E-state index in [1.165, 1.54) is 0 Å². The third kappa shape index (κ3) is 2.75. The third-order valence-electron chi connectivity index (χ3n) is 4.98. The van der Waals surface area contributed by atoms with Gasteiger partial charge < -0.3 is 9.88 Å². The van der Waals surface area contributed by atoms with Crippen LogP contribution >= 0.6 is 0 Å². The van der Waals surface area contributed by atoms with Gasteiger partial charge in [-0.25, -0.2) is 9.97 Å². The van der Waals surface area contributed by atoms with Gasteiger partial charge in [-0.15, -0.1) is 5.10 Å². The van der Waals surface area contributed by atoms with Crippen molar-refractivity contribution in [3.63, 3.8) is 0 Å². The Labute approximate surface area is 154 Å². The summed E-state index contributed by atoms with van der Waals surface area (Å²) in [6.07, 6.45) is 7.90. The summed E-state index contributed by atoms with van der Waals surface area (Å²) < 4.78 is 1.57. The highest BCUT2D eigenvalue weighted by Crippen LogP contribution is 2.28. The van der Waals surface area contributed by atoms with Crippen LogP contribution in [0.5, 0.6) is 0 Å². The average Bonchev–Trinajstić information content (AvgIpc) is 3.47. The molecule has 0 saturated carbocycles. The smallest absolute Gasteiger partial charge is 0.256 e. The molecule has 1 unspecified atom stereocenters. The molecule has 134 valence electrons. The SMILES string of the molecule is O=C(c1cccc2cc[nH]c12)N1CCC(c2cn(-c3ncccn3)nn2)C1. The molecule has 8 heteroatoms. The molecule has 1 atom stereocenters. The van der Waals surface area contributed by atoms with E-state index < -0.39 is 0 Å². The van der Waals surface area contributed by atoms with E-state index >= 15 is 0 Å². The molecule has 1 saturated heterocycles. The number of aromatic amines is 1. The van der Waals surface area contributed by atoms with E-state index in [1.54, 1.807) is 23.1 Å². The number of nitrogens with zero attached hydrogens (tertiary/aromatic N) is 6. The van der Waals surface area contributed by atoms with Gasteiger partial charge >= 0.3 is 0 Å². The van der Waals surface area contributed by atoms with Crippen molar-refractivity contribution in [3.8, 4) is 5.95 Å². The van der Waals surface area contributed by atoms with Gasteiger partial charge in [0.05, 0.1) is 23.0 Å². The fraction of sp³-hybridized carbons (Fsp3) is 0.211. The van der Waals surface area contributed by atoms with Crippen LogP contribution in [0.2, 0.25) is 0 Å². The number of benzene rings is 1. The van der Waals surface area contributed by atoms with Crippen LogP contribution in [0.4, 0.5) is 0 Å². The fourth-order valence-corrected chi connectivity index (χ4v) is 3.59. The molecule has 3 aromatic heterocycles. The van der Waals surface area contributed by atoms with Crippen molar-refractivity contribution in [1.82, 2.24) is 34.8 Å². The van der Waals surface area contributed by atoms with Gasteiger partial charge in [0.1, 0.15) is 0 Å². The molecule has 0 radical (unpaired) electrons. The van der Waals surface area contributed by atoms with Gasteiger partial charge in [-0.2, -0.15) is 4.68 Å². The molecule has 4 aromatic rings. The van der Waals surface area contributed by atoms with Crippen LogP contribution < -0.4 is 0 Å². The molecular weight excluding hydrogens is 342 g/mol. The predicted molar refractivity (Wildman–Crippen MR) is 98.5 cm³/mol. The summed E-state index contributed by atoms with van der Waals surface area (Å²) >= 11 is 0. The first-order chi connectivity index (χ1) is 13.3. The molecule has 1 N–H and O–H groups in total. The van der Waals surface area contributed by atoms with Crippen LogP contribution in [0.1, 0.15) is 28.4 Å². The second-order valence-corrected chi connectivity index (χ2v) is 6.62. The van der Waals surface area contributed by atoms with Crippen molar-refractivity contribution in [3.05, 3.63) is 66.4 Å². The maximum atomic E-state index is 13.0. The summed E-state index contributed by atoms with van der Waals surface area (Å²) in [4.78, 5) is 26.4. The Morgan fingerprint density at radius 1 is 1.15 bits per heavy atom. The second-order valence-electron chi connectivity index (χ2n) is 6.62. The third-order valence-corrected chi connectivity index (χ3v) is 4.98. The number of aromatic nitrogens is 6. The Bertz CT molecular complexity index is 1100. The van der Waals surface area contributed by atoms with E-state index in [0.29, 0.717) is 24.6 Å². The second kappa shape index (κ2) is 6.31. The number of rotatable bonds is 3. The van der Waals surface area contributed by atoms with E-state index in [4.69, 9.17) is 0 Å².